The largest absolute Gasteiger partial charge is 0.361 e. The summed E-state index contributed by atoms with van der Waals surface area (Å²) >= 11 is 0. The van der Waals surface area contributed by atoms with Crippen LogP contribution in [0.4, 0.5) is 0 Å². The maximum absolute atomic E-state index is 6.80. The predicted molar refractivity (Wildman–Crippen MR) is 86.4 cm³/mol. The lowest BCUT2D eigenvalue weighted by molar-refractivity contribution is 0.313. The third-order valence-corrected chi connectivity index (χ3v) is 5.23. The van der Waals surface area contributed by atoms with E-state index in [2.05, 4.69) is 55.5 Å². The van der Waals surface area contributed by atoms with Crippen LogP contribution in [0.2, 0.25) is 0 Å². The van der Waals surface area contributed by atoms with Crippen molar-refractivity contribution >= 4 is 18.7 Å². The number of aryl methyl sites for hydroxylation is 1. The summed E-state index contributed by atoms with van der Waals surface area (Å²) in [6, 6.07) is 6.63. The molecule has 3 rings (SSSR count). The Balaban J connectivity index is 2.13. The van der Waals surface area contributed by atoms with Gasteiger partial charge < -0.3 is 10.3 Å². The zero-order valence-electron chi connectivity index (χ0n) is 12.7. The molecule has 2 radical (unpaired) electrons. The Labute approximate surface area is 122 Å². The van der Waals surface area contributed by atoms with E-state index in [0.717, 1.165) is 19.4 Å². The molecule has 2 atom stereocenters. The molecule has 1 aromatic heterocycles. The molecule has 0 spiro atoms. The topological polar surface area (TPSA) is 27.8 Å². The molecule has 0 bridgehead atoms. The van der Waals surface area contributed by atoms with Crippen LogP contribution in [0.5, 0.6) is 0 Å². The summed E-state index contributed by atoms with van der Waals surface area (Å²) in [4.78, 5) is 3.38. The lowest BCUT2D eigenvalue weighted by atomic mass is 9.54. The molecular weight excluding hydrogens is 243 g/mol. The van der Waals surface area contributed by atoms with Gasteiger partial charge in [-0.25, -0.2) is 0 Å². The minimum Gasteiger partial charge on any atom is -0.361 e. The Hall–Kier alpha value is -1.22. The van der Waals surface area contributed by atoms with Gasteiger partial charge in [-0.15, -0.1) is 0 Å². The number of aromatic amines is 1. The Morgan fingerprint density at radius 1 is 1.40 bits per heavy atom. The minimum absolute atomic E-state index is 0.0374. The lowest BCUT2D eigenvalue weighted by Gasteiger charge is -2.42. The van der Waals surface area contributed by atoms with Crippen LogP contribution in [0.25, 0.3) is 10.9 Å². The van der Waals surface area contributed by atoms with Gasteiger partial charge in [-0.1, -0.05) is 19.9 Å². The Bertz CT molecular complexity index is 621. The minimum atomic E-state index is -0.381. The summed E-state index contributed by atoms with van der Waals surface area (Å²) in [6.07, 6.45) is 5.47. The summed E-state index contributed by atoms with van der Waals surface area (Å²) in [5.74, 6) is 0. The molecule has 104 valence electrons. The average molecular weight is 266 g/mol. The van der Waals surface area contributed by atoms with E-state index in [1.54, 1.807) is 0 Å². The first-order valence-corrected chi connectivity index (χ1v) is 7.62. The van der Waals surface area contributed by atoms with Crippen LogP contribution in [0, 0.1) is 0 Å². The zero-order valence-corrected chi connectivity index (χ0v) is 12.7. The summed E-state index contributed by atoms with van der Waals surface area (Å²) < 4.78 is 0. The van der Waals surface area contributed by atoms with Gasteiger partial charge in [0.15, 0.2) is 0 Å². The molecular formula is C17H23BN2. The smallest absolute Gasteiger partial charge is 0.0832 e. The van der Waals surface area contributed by atoms with Crippen LogP contribution in [-0.4, -0.2) is 24.9 Å². The third-order valence-electron chi connectivity index (χ3n) is 5.23. The highest BCUT2D eigenvalue weighted by molar-refractivity contribution is 6.18. The van der Waals surface area contributed by atoms with E-state index in [1.807, 2.05) is 0 Å². The van der Waals surface area contributed by atoms with E-state index in [1.165, 1.54) is 28.5 Å². The van der Waals surface area contributed by atoms with Gasteiger partial charge in [0.05, 0.1) is 7.85 Å². The van der Waals surface area contributed by atoms with E-state index in [4.69, 9.17) is 7.85 Å². The van der Waals surface area contributed by atoms with Crippen LogP contribution in [0.15, 0.2) is 24.4 Å². The summed E-state index contributed by atoms with van der Waals surface area (Å²) in [5.41, 5.74) is 3.72. The van der Waals surface area contributed by atoms with Crippen molar-refractivity contribution in [1.82, 2.24) is 10.3 Å². The molecule has 3 heteroatoms. The average Bonchev–Trinajstić information content (AvgIpc) is 3.05. The van der Waals surface area contributed by atoms with Crippen LogP contribution in [-0.2, 0) is 11.7 Å². The molecule has 1 unspecified atom stereocenters. The van der Waals surface area contributed by atoms with E-state index < -0.39 is 0 Å². The van der Waals surface area contributed by atoms with Gasteiger partial charge in [0.25, 0.3) is 0 Å². The van der Waals surface area contributed by atoms with Gasteiger partial charge >= 0.3 is 0 Å². The molecule has 1 aliphatic heterocycles. The maximum Gasteiger partial charge on any atom is 0.0832 e. The van der Waals surface area contributed by atoms with Crippen molar-refractivity contribution < 1.29 is 0 Å². The summed E-state index contributed by atoms with van der Waals surface area (Å²) in [7, 11) is 6.80. The summed E-state index contributed by atoms with van der Waals surface area (Å²) in [5, 5.41) is 4.50. The first-order chi connectivity index (χ1) is 9.48. The van der Waals surface area contributed by atoms with Crippen molar-refractivity contribution in [1.29, 1.82) is 0 Å². The highest BCUT2D eigenvalue weighted by Gasteiger charge is 2.44. The van der Waals surface area contributed by atoms with Crippen LogP contribution < -0.4 is 5.32 Å². The predicted octanol–water partition coefficient (Wildman–Crippen LogP) is 3.26. The molecule has 1 fully saturated rings. The fourth-order valence-electron chi connectivity index (χ4n) is 3.45. The first-order valence-electron chi connectivity index (χ1n) is 7.62. The highest BCUT2D eigenvalue weighted by atomic mass is 15.0. The van der Waals surface area contributed by atoms with Crippen LogP contribution in [0.3, 0.4) is 0 Å². The number of nitrogens with one attached hydrogen (secondary N) is 2. The number of aromatic nitrogens is 1. The van der Waals surface area contributed by atoms with Gasteiger partial charge in [0.2, 0.25) is 0 Å². The van der Waals surface area contributed by atoms with E-state index in [9.17, 15) is 0 Å². The molecule has 1 aromatic carbocycles. The highest BCUT2D eigenvalue weighted by Crippen LogP contribution is 2.41. The first kappa shape index (κ1) is 13.8. The fraction of sp³-hybridized carbons (Fsp3) is 0.529. The van der Waals surface area contributed by atoms with Crippen molar-refractivity contribution in [3.63, 3.8) is 0 Å². The second-order valence-electron chi connectivity index (χ2n) is 6.50. The van der Waals surface area contributed by atoms with Gasteiger partial charge in [0, 0.05) is 22.6 Å². The third kappa shape index (κ3) is 1.91. The number of rotatable bonds is 3. The fourth-order valence-corrected chi connectivity index (χ4v) is 3.45. The summed E-state index contributed by atoms with van der Waals surface area (Å²) in [6.45, 7) is 7.66. The SMILES string of the molecule is [B]C(C)(c1c[nH]c2ccc(CC)cc12)[C@@]1(C)CCCN1. The molecule has 1 aliphatic rings. The number of hydrogen-bond donors (Lipinski definition) is 2. The van der Waals surface area contributed by atoms with Crippen molar-refractivity contribution in [2.45, 2.75) is 50.9 Å². The van der Waals surface area contributed by atoms with Gasteiger partial charge in [-0.3, -0.25) is 0 Å². The number of hydrogen-bond acceptors (Lipinski definition) is 1. The Morgan fingerprint density at radius 3 is 2.85 bits per heavy atom. The second-order valence-corrected chi connectivity index (χ2v) is 6.50. The number of H-pyrrole nitrogens is 1. The van der Waals surface area contributed by atoms with Gasteiger partial charge in [0.1, 0.15) is 0 Å². The lowest BCUT2D eigenvalue weighted by Crippen LogP contribution is -2.54. The molecule has 1 saturated heterocycles. The monoisotopic (exact) mass is 266 g/mol. The molecule has 0 aliphatic carbocycles. The van der Waals surface area contributed by atoms with Gasteiger partial charge in [-0.2, -0.15) is 0 Å². The van der Waals surface area contributed by atoms with Crippen molar-refractivity contribution in [2.75, 3.05) is 6.54 Å². The number of fused-ring (bicyclic) bond motifs is 1. The van der Waals surface area contributed by atoms with E-state index >= 15 is 0 Å². The van der Waals surface area contributed by atoms with E-state index in [0.29, 0.717) is 0 Å². The van der Waals surface area contributed by atoms with Crippen molar-refractivity contribution in [2.24, 2.45) is 0 Å². The maximum atomic E-state index is 6.80. The molecule has 2 nitrogen and oxygen atoms in total. The molecule has 2 heterocycles. The number of benzene rings is 1. The molecule has 0 amide bonds. The Morgan fingerprint density at radius 2 is 2.20 bits per heavy atom. The molecule has 2 aromatic rings. The second kappa shape index (κ2) is 4.66. The van der Waals surface area contributed by atoms with Crippen molar-refractivity contribution in [3.05, 3.63) is 35.5 Å². The van der Waals surface area contributed by atoms with E-state index in [-0.39, 0.29) is 10.9 Å². The standard InChI is InChI=1S/C17H23BN2/c1-4-12-6-7-15-13(10-12)14(11-19-15)17(3,18)16(2)8-5-9-20-16/h6-7,10-11,19-20H,4-5,8-9H2,1-3H3/t16-,17?/m1/s1. The van der Waals surface area contributed by atoms with Crippen LogP contribution in [0.1, 0.15) is 44.7 Å². The van der Waals surface area contributed by atoms with Gasteiger partial charge in [-0.05, 0) is 61.3 Å². The quantitative estimate of drug-likeness (QED) is 0.820. The Kier molecular flexibility index (Phi) is 3.21. The molecule has 0 saturated carbocycles. The molecule has 20 heavy (non-hydrogen) atoms. The normalized spacial score (nSPS) is 25.9. The van der Waals surface area contributed by atoms with Crippen LogP contribution >= 0.6 is 0 Å². The zero-order chi connectivity index (χ0) is 14.4. The van der Waals surface area contributed by atoms with Crippen molar-refractivity contribution in [3.8, 4) is 0 Å². The molecule has 2 N–H and O–H groups in total.